The molecule has 6 heteroatoms. The van der Waals surface area contributed by atoms with Gasteiger partial charge in [0.1, 0.15) is 6.10 Å². The molecule has 1 aliphatic carbocycles. The summed E-state index contributed by atoms with van der Waals surface area (Å²) in [7, 11) is 0. The number of benzene rings is 1. The highest BCUT2D eigenvalue weighted by Crippen LogP contribution is 2.29. The normalized spacial score (nSPS) is 28.3. The number of rotatable bonds is 2. The van der Waals surface area contributed by atoms with Crippen LogP contribution in [-0.2, 0) is 9.53 Å². The number of halogens is 2. The third kappa shape index (κ3) is 3.74. The van der Waals surface area contributed by atoms with E-state index >= 15 is 0 Å². The number of hydrogen-bond acceptors (Lipinski definition) is 3. The lowest BCUT2D eigenvalue weighted by Crippen LogP contribution is -2.47. The van der Waals surface area contributed by atoms with Gasteiger partial charge in [-0.15, -0.1) is 12.4 Å². The van der Waals surface area contributed by atoms with E-state index in [-0.39, 0.29) is 36.4 Å². The predicted octanol–water partition coefficient (Wildman–Crippen LogP) is 2.79. The molecule has 0 spiro atoms. The maximum absolute atomic E-state index is 12.6. The summed E-state index contributed by atoms with van der Waals surface area (Å²) in [6.45, 7) is 1.83. The van der Waals surface area contributed by atoms with Gasteiger partial charge in [0.05, 0.1) is 19.1 Å². The largest absolute Gasteiger partial charge is 0.370 e. The van der Waals surface area contributed by atoms with E-state index in [0.29, 0.717) is 24.7 Å². The fraction of sp³-hybridized carbons (Fsp3) is 0.562. The van der Waals surface area contributed by atoms with Crippen LogP contribution in [0.1, 0.15) is 30.9 Å². The van der Waals surface area contributed by atoms with E-state index < -0.39 is 0 Å². The van der Waals surface area contributed by atoms with Gasteiger partial charge in [0.2, 0.25) is 5.91 Å². The van der Waals surface area contributed by atoms with Crippen molar-refractivity contribution in [3.63, 3.8) is 0 Å². The smallest absolute Gasteiger partial charge is 0.227 e. The van der Waals surface area contributed by atoms with Gasteiger partial charge < -0.3 is 15.4 Å². The van der Waals surface area contributed by atoms with Crippen LogP contribution in [0.15, 0.2) is 24.3 Å². The highest BCUT2D eigenvalue weighted by molar-refractivity contribution is 6.30. The molecule has 1 amide bonds. The topological polar surface area (TPSA) is 55.6 Å². The van der Waals surface area contributed by atoms with Crippen molar-refractivity contribution in [2.24, 2.45) is 11.7 Å². The summed E-state index contributed by atoms with van der Waals surface area (Å²) in [5.74, 6) is 0.191. The summed E-state index contributed by atoms with van der Waals surface area (Å²) in [6.07, 6.45) is 2.87. The Morgan fingerprint density at radius 2 is 2.00 bits per heavy atom. The Morgan fingerprint density at radius 1 is 1.27 bits per heavy atom. The summed E-state index contributed by atoms with van der Waals surface area (Å²) >= 11 is 5.91. The van der Waals surface area contributed by atoms with Crippen molar-refractivity contribution in [1.29, 1.82) is 0 Å². The second kappa shape index (κ2) is 7.64. The van der Waals surface area contributed by atoms with Gasteiger partial charge in [-0.3, -0.25) is 4.79 Å². The van der Waals surface area contributed by atoms with Crippen LogP contribution in [0.2, 0.25) is 5.02 Å². The predicted molar refractivity (Wildman–Crippen MR) is 89.3 cm³/mol. The lowest BCUT2D eigenvalue weighted by atomic mass is 10.0. The molecule has 1 aromatic rings. The van der Waals surface area contributed by atoms with Crippen LogP contribution in [0, 0.1) is 5.92 Å². The first-order valence-corrected chi connectivity index (χ1v) is 7.94. The fourth-order valence-electron chi connectivity index (χ4n) is 3.26. The summed E-state index contributed by atoms with van der Waals surface area (Å²) in [6, 6.07) is 7.65. The van der Waals surface area contributed by atoms with E-state index in [9.17, 15) is 4.79 Å². The van der Waals surface area contributed by atoms with Gasteiger partial charge in [0.25, 0.3) is 0 Å². The van der Waals surface area contributed by atoms with E-state index in [4.69, 9.17) is 22.1 Å². The standard InChI is InChI=1S/C16H21ClN2O2.ClH/c17-12-6-4-11(5-7-12)15-10-19(8-9-21-15)16(20)13-2-1-3-14(13)18;/h4-7,13-15H,1-3,8-10,18H2;1H. The summed E-state index contributed by atoms with van der Waals surface area (Å²) < 4.78 is 5.81. The molecule has 4 nitrogen and oxygen atoms in total. The number of carbonyl (C=O) groups excluding carboxylic acids is 1. The van der Waals surface area contributed by atoms with E-state index in [2.05, 4.69) is 0 Å². The number of nitrogens with two attached hydrogens (primary N) is 1. The van der Waals surface area contributed by atoms with Crippen LogP contribution in [0.5, 0.6) is 0 Å². The number of hydrogen-bond donors (Lipinski definition) is 1. The van der Waals surface area contributed by atoms with Gasteiger partial charge in [-0.1, -0.05) is 30.2 Å². The third-order valence-corrected chi connectivity index (χ3v) is 4.76. The Kier molecular flexibility index (Phi) is 6.09. The van der Waals surface area contributed by atoms with Gasteiger partial charge in [0.15, 0.2) is 0 Å². The molecule has 3 atom stereocenters. The zero-order chi connectivity index (χ0) is 14.8. The molecule has 2 aliphatic rings. The highest BCUT2D eigenvalue weighted by atomic mass is 35.5. The summed E-state index contributed by atoms with van der Waals surface area (Å²) in [5.41, 5.74) is 7.12. The zero-order valence-electron chi connectivity index (χ0n) is 12.4. The third-order valence-electron chi connectivity index (χ3n) is 4.51. The van der Waals surface area contributed by atoms with Crippen molar-refractivity contribution in [2.75, 3.05) is 19.7 Å². The van der Waals surface area contributed by atoms with Gasteiger partial charge in [-0.25, -0.2) is 0 Å². The minimum absolute atomic E-state index is 0. The van der Waals surface area contributed by atoms with E-state index in [0.717, 1.165) is 24.8 Å². The second-order valence-corrected chi connectivity index (χ2v) is 6.33. The Balaban J connectivity index is 0.00000176. The van der Waals surface area contributed by atoms with Crippen LogP contribution in [0.4, 0.5) is 0 Å². The Morgan fingerprint density at radius 3 is 2.64 bits per heavy atom. The molecule has 1 saturated carbocycles. The number of carbonyl (C=O) groups is 1. The Labute approximate surface area is 142 Å². The number of amides is 1. The lowest BCUT2D eigenvalue weighted by Gasteiger charge is -2.35. The molecule has 3 unspecified atom stereocenters. The van der Waals surface area contributed by atoms with Gasteiger partial charge in [0, 0.05) is 17.6 Å². The molecule has 22 heavy (non-hydrogen) atoms. The van der Waals surface area contributed by atoms with E-state index in [1.807, 2.05) is 29.2 Å². The number of morpholine rings is 1. The fourth-order valence-corrected chi connectivity index (χ4v) is 3.38. The summed E-state index contributed by atoms with van der Waals surface area (Å²) in [5, 5.41) is 0.708. The first-order chi connectivity index (χ1) is 10.1. The van der Waals surface area contributed by atoms with Crippen molar-refractivity contribution in [1.82, 2.24) is 4.90 Å². The van der Waals surface area contributed by atoms with Gasteiger partial charge >= 0.3 is 0 Å². The quantitative estimate of drug-likeness (QED) is 0.897. The molecule has 1 aromatic carbocycles. The zero-order valence-corrected chi connectivity index (χ0v) is 14.0. The maximum Gasteiger partial charge on any atom is 0.227 e. The first kappa shape index (κ1) is 17.5. The molecule has 0 bridgehead atoms. The van der Waals surface area contributed by atoms with Crippen molar-refractivity contribution in [3.8, 4) is 0 Å². The molecular weight excluding hydrogens is 323 g/mol. The molecule has 2 fully saturated rings. The van der Waals surface area contributed by atoms with Crippen LogP contribution in [-0.4, -0.2) is 36.5 Å². The first-order valence-electron chi connectivity index (χ1n) is 7.56. The van der Waals surface area contributed by atoms with E-state index in [1.54, 1.807) is 0 Å². The van der Waals surface area contributed by atoms with E-state index in [1.165, 1.54) is 0 Å². The van der Waals surface area contributed by atoms with Crippen molar-refractivity contribution < 1.29 is 9.53 Å². The van der Waals surface area contributed by atoms with Crippen molar-refractivity contribution in [2.45, 2.75) is 31.4 Å². The van der Waals surface area contributed by atoms with Crippen molar-refractivity contribution in [3.05, 3.63) is 34.9 Å². The van der Waals surface area contributed by atoms with Crippen molar-refractivity contribution >= 4 is 29.9 Å². The van der Waals surface area contributed by atoms with Crippen LogP contribution in [0.3, 0.4) is 0 Å². The average Bonchev–Trinajstić information content (AvgIpc) is 2.93. The SMILES string of the molecule is Cl.NC1CCCC1C(=O)N1CCOC(c2ccc(Cl)cc2)C1. The van der Waals surface area contributed by atoms with Crippen LogP contribution >= 0.6 is 24.0 Å². The number of nitrogens with zero attached hydrogens (tertiary/aromatic N) is 1. The molecular formula is C16H22Cl2N2O2. The monoisotopic (exact) mass is 344 g/mol. The average molecular weight is 345 g/mol. The van der Waals surface area contributed by atoms with Gasteiger partial charge in [-0.05, 0) is 30.5 Å². The highest BCUT2D eigenvalue weighted by Gasteiger charge is 2.35. The maximum atomic E-state index is 12.6. The van der Waals surface area contributed by atoms with Crippen LogP contribution in [0.25, 0.3) is 0 Å². The summed E-state index contributed by atoms with van der Waals surface area (Å²) in [4.78, 5) is 14.5. The molecule has 0 aromatic heterocycles. The number of ether oxygens (including phenoxy) is 1. The minimum atomic E-state index is -0.0717. The molecule has 0 radical (unpaired) electrons. The van der Waals surface area contributed by atoms with Gasteiger partial charge in [-0.2, -0.15) is 0 Å². The molecule has 1 aliphatic heterocycles. The lowest BCUT2D eigenvalue weighted by molar-refractivity contribution is -0.143. The Hall–Kier alpha value is -0.810. The molecule has 122 valence electrons. The molecule has 1 saturated heterocycles. The second-order valence-electron chi connectivity index (χ2n) is 5.90. The Bertz CT molecular complexity index is 509. The molecule has 3 rings (SSSR count). The molecule has 1 heterocycles. The van der Waals surface area contributed by atoms with Crippen LogP contribution < -0.4 is 5.73 Å². The molecule has 2 N–H and O–H groups in total. The minimum Gasteiger partial charge on any atom is -0.370 e.